The summed E-state index contributed by atoms with van der Waals surface area (Å²) < 4.78 is 59.6. The Morgan fingerprint density at radius 2 is 1.89 bits per heavy atom. The minimum Gasteiger partial charge on any atom is -0.384 e. The van der Waals surface area contributed by atoms with Gasteiger partial charge in [0.2, 0.25) is 0 Å². The minimum absolute atomic E-state index is 0.214. The van der Waals surface area contributed by atoms with E-state index >= 15 is 0 Å². The third kappa shape index (κ3) is 7.39. The SMILES string of the molecule is C=Ic1cc(COCC(F)(F)F)cc(/C(=C/C(=N)N)Nc2ccc(F)cc2)c1. The van der Waals surface area contributed by atoms with Crippen molar-refractivity contribution in [3.05, 3.63) is 69.1 Å². The quantitative estimate of drug-likeness (QED) is 0.207. The average molecular weight is 507 g/mol. The summed E-state index contributed by atoms with van der Waals surface area (Å²) in [6, 6.07) is 10.8. The summed E-state index contributed by atoms with van der Waals surface area (Å²) >= 11 is -0.592. The summed E-state index contributed by atoms with van der Waals surface area (Å²) in [5, 5.41) is 10.6. The molecule has 2 rings (SSSR count). The second-order valence-corrected chi connectivity index (χ2v) is 7.74. The molecule has 0 heterocycles. The third-order valence-corrected chi connectivity index (χ3v) is 4.88. The van der Waals surface area contributed by atoms with E-state index in [1.807, 2.05) is 6.07 Å². The van der Waals surface area contributed by atoms with Crippen LogP contribution in [-0.2, 0) is 11.3 Å². The number of benzene rings is 2. The Morgan fingerprint density at radius 3 is 2.46 bits per heavy atom. The van der Waals surface area contributed by atoms with E-state index in [-0.39, 0.29) is 12.4 Å². The van der Waals surface area contributed by atoms with E-state index in [1.54, 1.807) is 12.1 Å². The average Bonchev–Trinajstić information content (AvgIpc) is 2.61. The Hall–Kier alpha value is -2.27. The van der Waals surface area contributed by atoms with Crippen molar-refractivity contribution in [2.45, 2.75) is 12.8 Å². The molecule has 2 aromatic rings. The molecule has 150 valence electrons. The number of amidine groups is 1. The van der Waals surface area contributed by atoms with Crippen LogP contribution in [0.25, 0.3) is 5.70 Å². The zero-order chi connectivity index (χ0) is 20.7. The van der Waals surface area contributed by atoms with E-state index in [1.165, 1.54) is 30.3 Å². The molecule has 0 aliphatic heterocycles. The molecule has 9 heteroatoms. The summed E-state index contributed by atoms with van der Waals surface area (Å²) in [5.74, 6) is -0.607. The van der Waals surface area contributed by atoms with Gasteiger partial charge in [0.25, 0.3) is 0 Å². The smallest absolute Gasteiger partial charge is 0.384 e. The Bertz CT molecular complexity index is 880. The van der Waals surface area contributed by atoms with Gasteiger partial charge in [-0.15, -0.1) is 0 Å². The lowest BCUT2D eigenvalue weighted by atomic mass is 10.1. The molecule has 0 bridgehead atoms. The molecule has 0 atom stereocenters. The van der Waals surface area contributed by atoms with Crippen LogP contribution in [0.2, 0.25) is 0 Å². The fourth-order valence-corrected chi connectivity index (χ4v) is 3.46. The van der Waals surface area contributed by atoms with E-state index in [4.69, 9.17) is 15.9 Å². The lowest BCUT2D eigenvalue weighted by Gasteiger charge is -2.15. The molecule has 0 spiro atoms. The number of hydrogen-bond donors (Lipinski definition) is 3. The summed E-state index contributed by atoms with van der Waals surface area (Å²) in [4.78, 5) is 0. The molecule has 2 aromatic carbocycles. The van der Waals surface area contributed by atoms with Crippen molar-refractivity contribution in [2.24, 2.45) is 5.73 Å². The lowest BCUT2D eigenvalue weighted by Crippen LogP contribution is -2.16. The van der Waals surface area contributed by atoms with Gasteiger partial charge >= 0.3 is 6.18 Å². The number of nitrogens with one attached hydrogen (secondary N) is 2. The molecule has 28 heavy (non-hydrogen) atoms. The summed E-state index contributed by atoms with van der Waals surface area (Å²) in [6.45, 7) is -1.55. The minimum atomic E-state index is -4.40. The Labute approximate surface area is 169 Å². The van der Waals surface area contributed by atoms with Crippen molar-refractivity contribution < 1.29 is 22.3 Å². The maximum Gasteiger partial charge on any atom is 0.411 e. The Morgan fingerprint density at radius 1 is 1.21 bits per heavy atom. The normalized spacial score (nSPS) is 12.1. The first-order valence-corrected chi connectivity index (χ1v) is 10.5. The van der Waals surface area contributed by atoms with E-state index in [0.717, 1.165) is 3.57 Å². The number of alkyl halides is 3. The van der Waals surface area contributed by atoms with E-state index in [9.17, 15) is 17.6 Å². The molecule has 0 saturated carbocycles. The summed E-state index contributed by atoms with van der Waals surface area (Å²) in [5.41, 5.74) is 7.69. The van der Waals surface area contributed by atoms with Crippen LogP contribution in [0.5, 0.6) is 0 Å². The number of ether oxygens (including phenoxy) is 1. The third-order valence-electron chi connectivity index (χ3n) is 3.38. The Balaban J connectivity index is 2.33. The predicted octanol–water partition coefficient (Wildman–Crippen LogP) is 4.87. The summed E-state index contributed by atoms with van der Waals surface area (Å²) in [6.07, 6.45) is -3.02. The zero-order valence-corrected chi connectivity index (χ0v) is 16.8. The molecule has 0 amide bonds. The first-order chi connectivity index (χ1) is 13.2. The zero-order valence-electron chi connectivity index (χ0n) is 14.6. The molecule has 4 nitrogen and oxygen atoms in total. The van der Waals surface area contributed by atoms with Crippen molar-refractivity contribution >= 4 is 42.5 Å². The second kappa shape index (κ2) is 9.78. The number of rotatable bonds is 8. The van der Waals surface area contributed by atoms with Gasteiger partial charge in [0, 0.05) is 21.0 Å². The number of anilines is 1. The van der Waals surface area contributed by atoms with E-state index < -0.39 is 39.3 Å². The molecular formula is C19H18F4IN3O. The van der Waals surface area contributed by atoms with Crippen LogP contribution in [0, 0.1) is 14.8 Å². The number of nitrogens with two attached hydrogens (primary N) is 1. The molecular weight excluding hydrogens is 489 g/mol. The van der Waals surface area contributed by atoms with Crippen molar-refractivity contribution in [1.29, 1.82) is 5.41 Å². The molecule has 0 radical (unpaired) electrons. The van der Waals surface area contributed by atoms with Gasteiger partial charge in [-0.05, 0) is 53.6 Å². The monoisotopic (exact) mass is 507 g/mol. The molecule has 0 fully saturated rings. The highest BCUT2D eigenvalue weighted by Gasteiger charge is 2.27. The largest absolute Gasteiger partial charge is 0.411 e. The molecule has 0 aliphatic rings. The maximum atomic E-state index is 13.1. The van der Waals surface area contributed by atoms with Crippen LogP contribution in [0.1, 0.15) is 11.1 Å². The lowest BCUT2D eigenvalue weighted by molar-refractivity contribution is -0.176. The van der Waals surface area contributed by atoms with Crippen molar-refractivity contribution in [2.75, 3.05) is 11.9 Å². The molecule has 4 N–H and O–H groups in total. The van der Waals surface area contributed by atoms with Crippen LogP contribution in [0.4, 0.5) is 23.2 Å². The maximum absolute atomic E-state index is 13.1. The molecule has 0 aliphatic carbocycles. The Kier molecular flexibility index (Phi) is 7.69. The fraction of sp³-hybridized carbons (Fsp3) is 0.158. The van der Waals surface area contributed by atoms with E-state index in [2.05, 4.69) is 9.83 Å². The van der Waals surface area contributed by atoms with Gasteiger partial charge in [0.1, 0.15) is 18.3 Å². The van der Waals surface area contributed by atoms with Gasteiger partial charge in [-0.3, -0.25) is 5.41 Å². The van der Waals surface area contributed by atoms with Crippen LogP contribution in [0.3, 0.4) is 0 Å². The number of hydrogen-bond acceptors (Lipinski definition) is 3. The standard InChI is InChI=1S/C19H18F4IN3O/c1-24-15-7-12(10-28-11-19(21,22)23)6-13(8-15)17(9-18(25)26)27-16-4-2-14(20)3-5-16/h2-9,27H,1,10-11H2,(H3,25,26)/b17-9-. The van der Waals surface area contributed by atoms with Crippen molar-refractivity contribution in [3.8, 4) is 0 Å². The second-order valence-electron chi connectivity index (χ2n) is 5.74. The van der Waals surface area contributed by atoms with Crippen LogP contribution >= 0.6 is 20.7 Å². The number of halogens is 5. The first kappa shape index (κ1) is 22.0. The fourth-order valence-electron chi connectivity index (χ4n) is 2.29. The molecule has 0 aromatic heterocycles. The van der Waals surface area contributed by atoms with Crippen LogP contribution in [0.15, 0.2) is 48.5 Å². The van der Waals surface area contributed by atoms with Crippen LogP contribution in [-0.4, -0.2) is 23.1 Å². The highest BCUT2D eigenvalue weighted by Crippen LogP contribution is 2.24. The summed E-state index contributed by atoms with van der Waals surface area (Å²) in [7, 11) is 0. The van der Waals surface area contributed by atoms with Gasteiger partial charge in [-0.25, -0.2) is 4.39 Å². The van der Waals surface area contributed by atoms with Gasteiger partial charge in [-0.2, -0.15) is 13.2 Å². The predicted molar refractivity (Wildman–Crippen MR) is 112 cm³/mol. The highest BCUT2D eigenvalue weighted by atomic mass is 127. The topological polar surface area (TPSA) is 71.1 Å². The van der Waals surface area contributed by atoms with Gasteiger partial charge in [0.05, 0.1) is 6.61 Å². The highest BCUT2D eigenvalue weighted by molar-refractivity contribution is 14.2. The van der Waals surface area contributed by atoms with Crippen molar-refractivity contribution in [1.82, 2.24) is 0 Å². The van der Waals surface area contributed by atoms with Gasteiger partial charge < -0.3 is 15.8 Å². The van der Waals surface area contributed by atoms with Gasteiger partial charge in [-0.1, -0.05) is 25.2 Å². The van der Waals surface area contributed by atoms with Gasteiger partial charge in [0.15, 0.2) is 0 Å². The molecule has 0 saturated heterocycles. The van der Waals surface area contributed by atoms with E-state index in [0.29, 0.717) is 22.5 Å². The first-order valence-electron chi connectivity index (χ1n) is 7.92. The van der Waals surface area contributed by atoms with Crippen LogP contribution < -0.4 is 11.1 Å². The van der Waals surface area contributed by atoms with Crippen molar-refractivity contribution in [3.63, 3.8) is 0 Å². The molecule has 0 unspecified atom stereocenters.